The second kappa shape index (κ2) is 5.83. The van der Waals surface area contributed by atoms with Crippen molar-refractivity contribution in [1.29, 1.82) is 0 Å². The Morgan fingerprint density at radius 1 is 1.44 bits per heavy atom. The van der Waals surface area contributed by atoms with E-state index >= 15 is 0 Å². The van der Waals surface area contributed by atoms with Crippen LogP contribution in [-0.2, 0) is 6.42 Å². The molecule has 2 rings (SSSR count). The van der Waals surface area contributed by atoms with Gasteiger partial charge in [0.05, 0.1) is 0 Å². The van der Waals surface area contributed by atoms with E-state index in [1.165, 1.54) is 31.7 Å². The summed E-state index contributed by atoms with van der Waals surface area (Å²) in [6.45, 7) is 5.65. The minimum atomic E-state index is -0.116. The first-order valence-electron chi connectivity index (χ1n) is 7.09. The van der Waals surface area contributed by atoms with E-state index in [0.717, 1.165) is 18.5 Å². The number of benzene rings is 1. The summed E-state index contributed by atoms with van der Waals surface area (Å²) < 4.78 is 13.2. The van der Waals surface area contributed by atoms with E-state index < -0.39 is 0 Å². The molecule has 100 valence electrons. The normalized spacial score (nSPS) is 27.6. The van der Waals surface area contributed by atoms with Gasteiger partial charge in [0.1, 0.15) is 5.82 Å². The molecule has 1 aromatic rings. The monoisotopic (exact) mass is 249 g/mol. The molecule has 0 radical (unpaired) electrons. The molecule has 1 fully saturated rings. The van der Waals surface area contributed by atoms with Gasteiger partial charge in [-0.3, -0.25) is 0 Å². The Morgan fingerprint density at radius 3 is 3.00 bits per heavy atom. The fourth-order valence-corrected chi connectivity index (χ4v) is 3.14. The minimum Gasteiger partial charge on any atom is -0.314 e. The zero-order chi connectivity index (χ0) is 13.0. The lowest BCUT2D eigenvalue weighted by atomic mass is 9.82. The molecule has 1 aliphatic rings. The van der Waals surface area contributed by atoms with Crippen LogP contribution in [-0.4, -0.2) is 12.6 Å². The zero-order valence-electron chi connectivity index (χ0n) is 11.5. The van der Waals surface area contributed by atoms with Gasteiger partial charge in [-0.2, -0.15) is 0 Å². The van der Waals surface area contributed by atoms with Crippen molar-refractivity contribution in [3.05, 3.63) is 35.6 Å². The summed E-state index contributed by atoms with van der Waals surface area (Å²) in [6.07, 6.45) is 5.90. The molecule has 2 unspecified atom stereocenters. The van der Waals surface area contributed by atoms with Gasteiger partial charge >= 0.3 is 0 Å². The molecule has 1 nitrogen and oxygen atoms in total. The van der Waals surface area contributed by atoms with Crippen molar-refractivity contribution < 1.29 is 4.39 Å². The largest absolute Gasteiger partial charge is 0.314 e. The summed E-state index contributed by atoms with van der Waals surface area (Å²) in [5.74, 6) is -0.116. The SMILES string of the molecule is CCCNC1CCC(C)(Cc2cccc(F)c2)C1. The molecule has 0 saturated heterocycles. The summed E-state index contributed by atoms with van der Waals surface area (Å²) in [5, 5.41) is 3.61. The van der Waals surface area contributed by atoms with E-state index in [0.29, 0.717) is 11.5 Å². The molecule has 1 aromatic carbocycles. The van der Waals surface area contributed by atoms with Gasteiger partial charge < -0.3 is 5.32 Å². The molecule has 0 bridgehead atoms. The van der Waals surface area contributed by atoms with E-state index in [1.54, 1.807) is 6.07 Å². The fourth-order valence-electron chi connectivity index (χ4n) is 3.14. The Bertz CT molecular complexity index is 390. The lowest BCUT2D eigenvalue weighted by Crippen LogP contribution is -2.28. The van der Waals surface area contributed by atoms with Gasteiger partial charge in [0.25, 0.3) is 0 Å². The van der Waals surface area contributed by atoms with Crippen LogP contribution in [0.15, 0.2) is 24.3 Å². The van der Waals surface area contributed by atoms with Gasteiger partial charge in [-0.1, -0.05) is 26.0 Å². The molecule has 0 aromatic heterocycles. The second-order valence-electron chi connectivity index (χ2n) is 6.01. The Labute approximate surface area is 110 Å². The van der Waals surface area contributed by atoms with Crippen molar-refractivity contribution in [2.24, 2.45) is 5.41 Å². The second-order valence-corrected chi connectivity index (χ2v) is 6.01. The third-order valence-electron chi connectivity index (χ3n) is 4.04. The topological polar surface area (TPSA) is 12.0 Å². The first kappa shape index (κ1) is 13.5. The number of hydrogen-bond acceptors (Lipinski definition) is 1. The lowest BCUT2D eigenvalue weighted by Gasteiger charge is -2.24. The summed E-state index contributed by atoms with van der Waals surface area (Å²) in [4.78, 5) is 0. The van der Waals surface area contributed by atoms with Crippen molar-refractivity contribution in [2.75, 3.05) is 6.54 Å². The zero-order valence-corrected chi connectivity index (χ0v) is 11.5. The van der Waals surface area contributed by atoms with Crippen LogP contribution in [0.4, 0.5) is 4.39 Å². The highest BCUT2D eigenvalue weighted by Crippen LogP contribution is 2.40. The van der Waals surface area contributed by atoms with Crippen LogP contribution in [0, 0.1) is 11.2 Å². The standard InChI is InChI=1S/C16H24FN/c1-3-9-18-15-7-8-16(2,12-15)11-13-5-4-6-14(17)10-13/h4-6,10,15,18H,3,7-9,11-12H2,1-2H3. The van der Waals surface area contributed by atoms with Crippen LogP contribution in [0.2, 0.25) is 0 Å². The highest BCUT2D eigenvalue weighted by Gasteiger charge is 2.34. The Kier molecular flexibility index (Phi) is 4.39. The molecule has 0 heterocycles. The van der Waals surface area contributed by atoms with Gasteiger partial charge in [0, 0.05) is 6.04 Å². The number of halogens is 1. The first-order valence-corrected chi connectivity index (χ1v) is 7.09. The number of nitrogens with one attached hydrogen (secondary N) is 1. The van der Waals surface area contributed by atoms with Crippen molar-refractivity contribution in [2.45, 2.75) is 52.0 Å². The number of rotatable bonds is 5. The van der Waals surface area contributed by atoms with Crippen LogP contribution < -0.4 is 5.32 Å². The Hall–Kier alpha value is -0.890. The smallest absolute Gasteiger partial charge is 0.123 e. The maximum atomic E-state index is 13.2. The van der Waals surface area contributed by atoms with Gasteiger partial charge in [-0.05, 0) is 61.8 Å². The molecule has 1 N–H and O–H groups in total. The van der Waals surface area contributed by atoms with E-state index in [9.17, 15) is 4.39 Å². The molecule has 18 heavy (non-hydrogen) atoms. The van der Waals surface area contributed by atoms with Crippen molar-refractivity contribution in [1.82, 2.24) is 5.32 Å². The molecule has 0 amide bonds. The van der Waals surface area contributed by atoms with Gasteiger partial charge in [-0.15, -0.1) is 0 Å². The van der Waals surface area contributed by atoms with Crippen molar-refractivity contribution in [3.8, 4) is 0 Å². The fraction of sp³-hybridized carbons (Fsp3) is 0.625. The van der Waals surface area contributed by atoms with E-state index in [1.807, 2.05) is 12.1 Å². The summed E-state index contributed by atoms with van der Waals surface area (Å²) in [5.41, 5.74) is 1.47. The molecule has 1 aliphatic carbocycles. The predicted octanol–water partition coefficient (Wildman–Crippen LogP) is 3.93. The molecule has 0 aliphatic heterocycles. The minimum absolute atomic E-state index is 0.116. The summed E-state index contributed by atoms with van der Waals surface area (Å²) in [7, 11) is 0. The predicted molar refractivity (Wildman–Crippen MR) is 74.1 cm³/mol. The maximum absolute atomic E-state index is 13.2. The van der Waals surface area contributed by atoms with E-state index in [2.05, 4.69) is 19.2 Å². The maximum Gasteiger partial charge on any atom is 0.123 e. The van der Waals surface area contributed by atoms with Crippen LogP contribution in [0.1, 0.15) is 45.1 Å². The summed E-state index contributed by atoms with van der Waals surface area (Å²) in [6, 6.07) is 7.71. The summed E-state index contributed by atoms with van der Waals surface area (Å²) >= 11 is 0. The lowest BCUT2D eigenvalue weighted by molar-refractivity contribution is 0.321. The molecule has 2 atom stereocenters. The third-order valence-corrected chi connectivity index (χ3v) is 4.04. The van der Waals surface area contributed by atoms with Crippen LogP contribution in [0.5, 0.6) is 0 Å². The van der Waals surface area contributed by atoms with E-state index in [4.69, 9.17) is 0 Å². The molecular formula is C16H24FN. The number of hydrogen-bond donors (Lipinski definition) is 1. The third kappa shape index (κ3) is 3.55. The highest BCUT2D eigenvalue weighted by atomic mass is 19.1. The first-order chi connectivity index (χ1) is 8.61. The van der Waals surface area contributed by atoms with Crippen molar-refractivity contribution >= 4 is 0 Å². The van der Waals surface area contributed by atoms with Gasteiger partial charge in [0.2, 0.25) is 0 Å². The average Bonchev–Trinajstić information content (AvgIpc) is 2.68. The van der Waals surface area contributed by atoms with Crippen LogP contribution in [0.3, 0.4) is 0 Å². The molecule has 1 saturated carbocycles. The highest BCUT2D eigenvalue weighted by molar-refractivity contribution is 5.18. The van der Waals surface area contributed by atoms with Crippen LogP contribution in [0.25, 0.3) is 0 Å². The average molecular weight is 249 g/mol. The molecular weight excluding hydrogens is 225 g/mol. The molecule has 2 heteroatoms. The quantitative estimate of drug-likeness (QED) is 0.834. The Morgan fingerprint density at radius 2 is 2.28 bits per heavy atom. The Balaban J connectivity index is 1.93. The van der Waals surface area contributed by atoms with Crippen LogP contribution >= 0.6 is 0 Å². The van der Waals surface area contributed by atoms with Crippen molar-refractivity contribution in [3.63, 3.8) is 0 Å². The van der Waals surface area contributed by atoms with Gasteiger partial charge in [0.15, 0.2) is 0 Å². The van der Waals surface area contributed by atoms with Gasteiger partial charge in [-0.25, -0.2) is 4.39 Å². The van der Waals surface area contributed by atoms with E-state index in [-0.39, 0.29) is 5.82 Å². The molecule has 0 spiro atoms.